The molecule has 152 valence electrons. The lowest BCUT2D eigenvalue weighted by Gasteiger charge is -2.21. The number of hydrogen-bond acceptors (Lipinski definition) is 4. The first-order valence-corrected chi connectivity index (χ1v) is 10.2. The molecule has 27 heavy (non-hydrogen) atoms. The average Bonchev–Trinajstić information content (AvgIpc) is 3.01. The van der Waals surface area contributed by atoms with Crippen LogP contribution in [-0.2, 0) is 11.2 Å². The van der Waals surface area contributed by atoms with Crippen molar-refractivity contribution in [2.24, 2.45) is 5.92 Å². The second-order valence-corrected chi connectivity index (χ2v) is 8.71. The molecule has 7 heteroatoms. The fourth-order valence-corrected chi connectivity index (χ4v) is 3.50. The molecule has 1 aromatic rings. The number of alkyl carbamates (subject to hydrolysis) is 1. The number of likely N-dealkylation sites (tertiary alicyclic amines) is 1. The molecule has 1 aliphatic rings. The molecule has 0 spiro atoms. The second-order valence-electron chi connectivity index (χ2n) is 7.90. The Hall–Kier alpha value is -1.17. The molecule has 1 heterocycles. The van der Waals surface area contributed by atoms with E-state index in [0.29, 0.717) is 29.1 Å². The van der Waals surface area contributed by atoms with Crippen LogP contribution in [0.5, 0.6) is 5.75 Å². The van der Waals surface area contributed by atoms with Crippen LogP contribution >= 0.6 is 23.2 Å². The molecule has 0 saturated carbocycles. The molecule has 1 N–H and O–H groups in total. The third-order valence-electron chi connectivity index (χ3n) is 4.40. The Morgan fingerprint density at radius 3 is 2.67 bits per heavy atom. The number of benzene rings is 1. The lowest BCUT2D eigenvalue weighted by Crippen LogP contribution is -2.36. The molecule has 2 rings (SSSR count). The van der Waals surface area contributed by atoms with Gasteiger partial charge in [0.15, 0.2) is 0 Å². The summed E-state index contributed by atoms with van der Waals surface area (Å²) in [6, 6.07) is 3.69. The molecule has 0 bridgehead atoms. The van der Waals surface area contributed by atoms with E-state index in [-0.39, 0.29) is 6.09 Å². The Balaban J connectivity index is 1.80. The van der Waals surface area contributed by atoms with Crippen molar-refractivity contribution in [3.8, 4) is 5.75 Å². The van der Waals surface area contributed by atoms with Crippen LogP contribution in [0.25, 0.3) is 0 Å². The monoisotopic (exact) mass is 416 g/mol. The molecule has 1 atom stereocenters. The molecular formula is C20H30Cl2N2O3. The summed E-state index contributed by atoms with van der Waals surface area (Å²) in [5, 5.41) is 3.94. The van der Waals surface area contributed by atoms with Crippen molar-refractivity contribution in [2.45, 2.75) is 46.1 Å². The van der Waals surface area contributed by atoms with Gasteiger partial charge in [-0.15, -0.1) is 0 Å². The van der Waals surface area contributed by atoms with Gasteiger partial charge in [-0.3, -0.25) is 0 Å². The van der Waals surface area contributed by atoms with E-state index in [9.17, 15) is 4.79 Å². The number of amides is 1. The fraction of sp³-hybridized carbons (Fsp3) is 0.650. The van der Waals surface area contributed by atoms with Gasteiger partial charge in [-0.25, -0.2) is 4.79 Å². The summed E-state index contributed by atoms with van der Waals surface area (Å²) in [7, 11) is 0. The maximum Gasteiger partial charge on any atom is 0.407 e. The van der Waals surface area contributed by atoms with Gasteiger partial charge in [0.25, 0.3) is 0 Å². The van der Waals surface area contributed by atoms with Crippen LogP contribution in [0, 0.1) is 5.92 Å². The van der Waals surface area contributed by atoms with Crippen molar-refractivity contribution in [1.29, 1.82) is 0 Å². The minimum Gasteiger partial charge on any atom is -0.494 e. The first-order chi connectivity index (χ1) is 12.7. The number of halogens is 2. The highest BCUT2D eigenvalue weighted by Gasteiger charge is 2.24. The van der Waals surface area contributed by atoms with Gasteiger partial charge in [-0.1, -0.05) is 23.2 Å². The predicted molar refractivity (Wildman–Crippen MR) is 110 cm³/mol. The van der Waals surface area contributed by atoms with Crippen molar-refractivity contribution < 1.29 is 14.3 Å². The van der Waals surface area contributed by atoms with E-state index >= 15 is 0 Å². The highest BCUT2D eigenvalue weighted by molar-refractivity contribution is 6.42. The van der Waals surface area contributed by atoms with Crippen LogP contribution in [0.1, 0.15) is 39.7 Å². The van der Waals surface area contributed by atoms with Gasteiger partial charge in [-0.05, 0) is 64.6 Å². The predicted octanol–water partition coefficient (Wildman–Crippen LogP) is 4.78. The first kappa shape index (κ1) is 22.1. The topological polar surface area (TPSA) is 50.8 Å². The Bertz CT molecular complexity index is 647. The van der Waals surface area contributed by atoms with Crippen molar-refractivity contribution in [3.05, 3.63) is 27.7 Å². The van der Waals surface area contributed by atoms with Gasteiger partial charge >= 0.3 is 6.09 Å². The zero-order valence-corrected chi connectivity index (χ0v) is 18.1. The molecule has 0 aromatic heterocycles. The average molecular weight is 417 g/mol. The zero-order chi connectivity index (χ0) is 20.0. The largest absolute Gasteiger partial charge is 0.494 e. The Labute approximate surface area is 172 Å². The van der Waals surface area contributed by atoms with E-state index in [1.54, 1.807) is 6.07 Å². The number of carbonyl (C=O) groups is 1. The maximum atomic E-state index is 11.8. The summed E-state index contributed by atoms with van der Waals surface area (Å²) in [5.41, 5.74) is 0.603. The van der Waals surface area contributed by atoms with Crippen LogP contribution in [0.3, 0.4) is 0 Å². The van der Waals surface area contributed by atoms with Gasteiger partial charge in [0.05, 0.1) is 16.7 Å². The van der Waals surface area contributed by atoms with Gasteiger partial charge in [0, 0.05) is 25.7 Å². The first-order valence-electron chi connectivity index (χ1n) is 9.48. The number of rotatable bonds is 7. The molecule has 1 aliphatic heterocycles. The fourth-order valence-electron chi connectivity index (χ4n) is 3.16. The summed E-state index contributed by atoms with van der Waals surface area (Å²) >= 11 is 12.3. The van der Waals surface area contributed by atoms with E-state index in [1.165, 1.54) is 0 Å². The minimum atomic E-state index is -0.468. The number of carbonyl (C=O) groups excluding carboxylic acids is 1. The summed E-state index contributed by atoms with van der Waals surface area (Å²) in [4.78, 5) is 14.2. The molecule has 0 radical (unpaired) electrons. The highest BCUT2D eigenvalue weighted by Crippen LogP contribution is 2.31. The lowest BCUT2D eigenvalue weighted by molar-refractivity contribution is 0.0519. The van der Waals surface area contributed by atoms with Crippen LogP contribution in [-0.4, -0.2) is 49.4 Å². The van der Waals surface area contributed by atoms with Crippen LogP contribution in [0.15, 0.2) is 12.1 Å². The third-order valence-corrected chi connectivity index (χ3v) is 5.13. The molecule has 1 saturated heterocycles. The van der Waals surface area contributed by atoms with Gasteiger partial charge in [0.1, 0.15) is 11.4 Å². The van der Waals surface area contributed by atoms with E-state index in [0.717, 1.165) is 43.8 Å². The van der Waals surface area contributed by atoms with Crippen molar-refractivity contribution in [2.75, 3.05) is 32.8 Å². The summed E-state index contributed by atoms with van der Waals surface area (Å²) < 4.78 is 11.0. The highest BCUT2D eigenvalue weighted by atomic mass is 35.5. The normalized spacial score (nSPS) is 17.8. The van der Waals surface area contributed by atoms with Crippen LogP contribution in [0.2, 0.25) is 10.0 Å². The van der Waals surface area contributed by atoms with Crippen molar-refractivity contribution in [1.82, 2.24) is 10.2 Å². The smallest absolute Gasteiger partial charge is 0.407 e. The lowest BCUT2D eigenvalue weighted by atomic mass is 10.1. The Kier molecular flexibility index (Phi) is 8.07. The molecule has 1 aromatic carbocycles. The molecule has 0 aliphatic carbocycles. The van der Waals surface area contributed by atoms with Gasteiger partial charge in [-0.2, -0.15) is 0 Å². The standard InChI is InChI=1S/C20H30Cl2N2O3/c1-5-26-18-11-17(22)16(21)10-15(18)7-9-24-8-6-14(13-24)12-23-19(25)27-20(2,3)4/h10-11,14H,5-9,12-13H2,1-4H3,(H,23,25)/t14-/m0/s1. The number of nitrogens with zero attached hydrogens (tertiary/aromatic N) is 1. The Morgan fingerprint density at radius 1 is 1.30 bits per heavy atom. The summed E-state index contributed by atoms with van der Waals surface area (Å²) in [6.45, 7) is 11.7. The minimum absolute atomic E-state index is 0.349. The molecule has 5 nitrogen and oxygen atoms in total. The SMILES string of the molecule is CCOc1cc(Cl)c(Cl)cc1CCN1CC[C@@H](CNC(=O)OC(C)(C)C)C1. The van der Waals surface area contributed by atoms with Gasteiger partial charge < -0.3 is 19.7 Å². The Morgan fingerprint density at radius 2 is 2.00 bits per heavy atom. The molecule has 1 fully saturated rings. The third kappa shape index (κ3) is 7.40. The van der Waals surface area contributed by atoms with Crippen LogP contribution in [0.4, 0.5) is 4.79 Å². The van der Waals surface area contributed by atoms with E-state index in [1.807, 2.05) is 33.8 Å². The van der Waals surface area contributed by atoms with Crippen molar-refractivity contribution >= 4 is 29.3 Å². The molecule has 1 amide bonds. The molecule has 0 unspecified atom stereocenters. The summed E-state index contributed by atoms with van der Waals surface area (Å²) in [6.07, 6.45) is 1.56. The number of hydrogen-bond donors (Lipinski definition) is 1. The second kappa shape index (κ2) is 9.85. The zero-order valence-electron chi connectivity index (χ0n) is 16.6. The maximum absolute atomic E-state index is 11.8. The van der Waals surface area contributed by atoms with E-state index < -0.39 is 5.60 Å². The number of ether oxygens (including phenoxy) is 2. The summed E-state index contributed by atoms with van der Waals surface area (Å²) in [5.74, 6) is 1.24. The molecular weight excluding hydrogens is 387 g/mol. The van der Waals surface area contributed by atoms with Gasteiger partial charge in [0.2, 0.25) is 0 Å². The van der Waals surface area contributed by atoms with E-state index in [2.05, 4.69) is 10.2 Å². The quantitative estimate of drug-likeness (QED) is 0.694. The number of nitrogens with one attached hydrogen (secondary N) is 1. The van der Waals surface area contributed by atoms with Crippen molar-refractivity contribution in [3.63, 3.8) is 0 Å². The van der Waals surface area contributed by atoms with E-state index in [4.69, 9.17) is 32.7 Å². The van der Waals surface area contributed by atoms with Crippen LogP contribution < -0.4 is 10.1 Å².